The normalized spacial score (nSPS) is 14.3. The van der Waals surface area contributed by atoms with Crippen molar-refractivity contribution in [2.75, 3.05) is 10.6 Å². The maximum atomic E-state index is 12.2. The van der Waals surface area contributed by atoms with Crippen molar-refractivity contribution >= 4 is 40.0 Å². The summed E-state index contributed by atoms with van der Waals surface area (Å²) in [5, 5.41) is 10.6. The number of nitrogens with two attached hydrogens (primary N) is 1. The Morgan fingerprint density at radius 1 is 1.07 bits per heavy atom. The molecule has 1 aliphatic rings. The van der Waals surface area contributed by atoms with Crippen LogP contribution in [0, 0.1) is 0 Å². The largest absolute Gasteiger partial charge is 0.366 e. The summed E-state index contributed by atoms with van der Waals surface area (Å²) in [5.41, 5.74) is 6.70. The summed E-state index contributed by atoms with van der Waals surface area (Å²) >= 11 is 1.28. The van der Waals surface area contributed by atoms with Gasteiger partial charge in [-0.1, -0.05) is 19.3 Å². The number of amides is 4. The third-order valence-corrected chi connectivity index (χ3v) is 5.31. The molecule has 9 heteroatoms. The zero-order chi connectivity index (χ0) is 19.9. The number of urea groups is 1. The number of benzene rings is 1. The molecule has 148 valence electrons. The molecule has 1 aromatic carbocycles. The van der Waals surface area contributed by atoms with Crippen LogP contribution in [0.2, 0.25) is 0 Å². The fourth-order valence-corrected chi connectivity index (χ4v) is 3.80. The minimum atomic E-state index is -0.520. The first-order chi connectivity index (χ1) is 13.5. The number of hydrogen-bond acceptors (Lipinski definition) is 5. The molecule has 8 nitrogen and oxygen atoms in total. The van der Waals surface area contributed by atoms with Gasteiger partial charge in [0.15, 0.2) is 5.13 Å². The van der Waals surface area contributed by atoms with Gasteiger partial charge in [0.1, 0.15) is 0 Å². The van der Waals surface area contributed by atoms with Crippen LogP contribution >= 0.6 is 11.3 Å². The number of carbonyl (C=O) groups is 3. The van der Waals surface area contributed by atoms with Crippen molar-refractivity contribution in [3.8, 4) is 0 Å². The van der Waals surface area contributed by atoms with Crippen molar-refractivity contribution in [3.63, 3.8) is 0 Å². The Hall–Kier alpha value is -2.94. The second kappa shape index (κ2) is 9.32. The van der Waals surface area contributed by atoms with Crippen LogP contribution in [0.1, 0.15) is 48.2 Å². The molecule has 0 atom stereocenters. The Bertz CT molecular complexity index is 844. The molecule has 1 fully saturated rings. The average molecular weight is 401 g/mol. The van der Waals surface area contributed by atoms with Gasteiger partial charge >= 0.3 is 6.03 Å². The lowest BCUT2D eigenvalue weighted by molar-refractivity contribution is -0.115. The molecule has 0 radical (unpaired) electrons. The molecule has 0 spiro atoms. The van der Waals surface area contributed by atoms with Gasteiger partial charge in [0, 0.05) is 22.7 Å². The van der Waals surface area contributed by atoms with Gasteiger partial charge in [0.05, 0.1) is 12.1 Å². The first kappa shape index (κ1) is 19.8. The molecule has 5 N–H and O–H groups in total. The molecular formula is C19H23N5O3S. The van der Waals surface area contributed by atoms with E-state index in [1.54, 1.807) is 29.6 Å². The smallest absolute Gasteiger partial charge is 0.321 e. The van der Waals surface area contributed by atoms with Crippen LogP contribution in [0.15, 0.2) is 29.6 Å². The number of hydrogen-bond donors (Lipinski definition) is 4. The first-order valence-corrected chi connectivity index (χ1v) is 10.1. The van der Waals surface area contributed by atoms with Crippen LogP contribution in [0.25, 0.3) is 0 Å². The number of primary amides is 1. The molecule has 1 aliphatic carbocycles. The molecule has 0 saturated heterocycles. The quantitative estimate of drug-likeness (QED) is 0.593. The second-order valence-corrected chi connectivity index (χ2v) is 7.60. The van der Waals surface area contributed by atoms with E-state index in [-0.39, 0.29) is 24.4 Å². The highest BCUT2D eigenvalue weighted by atomic mass is 32.1. The molecule has 0 bridgehead atoms. The maximum absolute atomic E-state index is 12.2. The Kier molecular flexibility index (Phi) is 6.59. The fraction of sp³-hybridized carbons (Fsp3) is 0.368. The Morgan fingerprint density at radius 3 is 2.46 bits per heavy atom. The van der Waals surface area contributed by atoms with Gasteiger partial charge in [-0.05, 0) is 37.1 Å². The minimum absolute atomic E-state index is 0.0833. The minimum Gasteiger partial charge on any atom is -0.366 e. The van der Waals surface area contributed by atoms with Gasteiger partial charge in [0.2, 0.25) is 11.8 Å². The Morgan fingerprint density at radius 2 is 1.79 bits per heavy atom. The van der Waals surface area contributed by atoms with Crippen LogP contribution in [0.3, 0.4) is 0 Å². The highest BCUT2D eigenvalue weighted by Gasteiger charge is 2.16. The van der Waals surface area contributed by atoms with E-state index in [4.69, 9.17) is 5.73 Å². The van der Waals surface area contributed by atoms with Gasteiger partial charge in [-0.2, -0.15) is 0 Å². The SMILES string of the molecule is NC(=O)c1ccc(NC(=O)Cc2csc(NC(=O)NC3CCCCC3)n2)cc1. The molecule has 4 amide bonds. The second-order valence-electron chi connectivity index (χ2n) is 6.74. The molecule has 3 rings (SSSR count). The van der Waals surface area contributed by atoms with E-state index in [1.807, 2.05) is 0 Å². The van der Waals surface area contributed by atoms with Gasteiger partial charge < -0.3 is 16.4 Å². The van der Waals surface area contributed by atoms with Crippen molar-refractivity contribution in [1.29, 1.82) is 0 Å². The van der Waals surface area contributed by atoms with Gasteiger partial charge in [0.25, 0.3) is 0 Å². The highest BCUT2D eigenvalue weighted by Crippen LogP contribution is 2.19. The van der Waals surface area contributed by atoms with Gasteiger partial charge in [-0.25, -0.2) is 9.78 Å². The molecular weight excluding hydrogens is 378 g/mol. The molecule has 1 heterocycles. The van der Waals surface area contributed by atoms with E-state index >= 15 is 0 Å². The Labute approximate surface area is 166 Å². The number of thiazole rings is 1. The molecule has 0 aliphatic heterocycles. The maximum Gasteiger partial charge on any atom is 0.321 e. The predicted octanol–water partition coefficient (Wildman–Crippen LogP) is 2.88. The monoisotopic (exact) mass is 401 g/mol. The number of anilines is 2. The molecule has 2 aromatic rings. The number of nitrogens with one attached hydrogen (secondary N) is 3. The average Bonchev–Trinajstić information content (AvgIpc) is 3.09. The standard InChI is InChI=1S/C19H23N5O3S/c20-17(26)12-6-8-14(9-7-12)21-16(25)10-15-11-28-19(23-15)24-18(27)22-13-4-2-1-3-5-13/h6-9,11,13H,1-5,10H2,(H2,20,26)(H,21,25)(H2,22,23,24,27). The van der Waals surface area contributed by atoms with Crippen LogP contribution in [0.5, 0.6) is 0 Å². The van der Waals surface area contributed by atoms with Gasteiger partial charge in [-0.15, -0.1) is 11.3 Å². The number of rotatable bonds is 6. The van der Waals surface area contributed by atoms with E-state index in [0.29, 0.717) is 22.1 Å². The molecule has 0 unspecified atom stereocenters. The topological polar surface area (TPSA) is 126 Å². The zero-order valence-electron chi connectivity index (χ0n) is 15.4. The summed E-state index contributed by atoms with van der Waals surface area (Å²) in [4.78, 5) is 39.6. The molecule has 1 aromatic heterocycles. The summed E-state index contributed by atoms with van der Waals surface area (Å²) in [6.45, 7) is 0. The van der Waals surface area contributed by atoms with Gasteiger partial charge in [-0.3, -0.25) is 14.9 Å². The highest BCUT2D eigenvalue weighted by molar-refractivity contribution is 7.13. The van der Waals surface area contributed by atoms with Crippen molar-refractivity contribution in [1.82, 2.24) is 10.3 Å². The number of nitrogens with zero attached hydrogens (tertiary/aromatic N) is 1. The summed E-state index contributed by atoms with van der Waals surface area (Å²) < 4.78 is 0. The molecule has 28 heavy (non-hydrogen) atoms. The van der Waals surface area contributed by atoms with Crippen LogP contribution < -0.4 is 21.7 Å². The summed E-state index contributed by atoms with van der Waals surface area (Å²) in [7, 11) is 0. The lowest BCUT2D eigenvalue weighted by Crippen LogP contribution is -2.39. The van der Waals surface area contributed by atoms with E-state index in [2.05, 4.69) is 20.9 Å². The first-order valence-electron chi connectivity index (χ1n) is 9.21. The third kappa shape index (κ3) is 5.78. The summed E-state index contributed by atoms with van der Waals surface area (Å²) in [6, 6.07) is 6.29. The van der Waals surface area contributed by atoms with Crippen LogP contribution in [-0.2, 0) is 11.2 Å². The lowest BCUT2D eigenvalue weighted by Gasteiger charge is -2.22. The van der Waals surface area contributed by atoms with Crippen molar-refractivity contribution in [2.45, 2.75) is 44.6 Å². The fourth-order valence-electron chi connectivity index (χ4n) is 3.10. The number of aromatic nitrogens is 1. The van der Waals surface area contributed by atoms with Crippen LogP contribution in [0.4, 0.5) is 15.6 Å². The van der Waals surface area contributed by atoms with E-state index in [9.17, 15) is 14.4 Å². The van der Waals surface area contributed by atoms with Crippen molar-refractivity contribution in [3.05, 3.63) is 40.9 Å². The third-order valence-electron chi connectivity index (χ3n) is 4.51. The predicted molar refractivity (Wildman–Crippen MR) is 108 cm³/mol. The van der Waals surface area contributed by atoms with E-state index < -0.39 is 5.91 Å². The summed E-state index contributed by atoms with van der Waals surface area (Å²) in [6.07, 6.45) is 5.63. The Balaban J connectivity index is 1.47. The molecule has 1 saturated carbocycles. The van der Waals surface area contributed by atoms with Crippen molar-refractivity contribution in [2.24, 2.45) is 5.73 Å². The van der Waals surface area contributed by atoms with Crippen molar-refractivity contribution < 1.29 is 14.4 Å². The van der Waals surface area contributed by atoms with E-state index in [1.165, 1.54) is 17.8 Å². The zero-order valence-corrected chi connectivity index (χ0v) is 16.2. The van der Waals surface area contributed by atoms with Crippen LogP contribution in [-0.4, -0.2) is 28.9 Å². The number of carbonyl (C=O) groups excluding carboxylic acids is 3. The van der Waals surface area contributed by atoms with E-state index in [0.717, 1.165) is 25.7 Å². The lowest BCUT2D eigenvalue weighted by atomic mass is 9.96. The summed E-state index contributed by atoms with van der Waals surface area (Å²) in [5.74, 6) is -0.761.